The molecule has 1 aliphatic heterocycles. The maximum Gasteiger partial charge on any atom is 0.303 e. The first kappa shape index (κ1) is 23.9. The van der Waals surface area contributed by atoms with Crippen LogP contribution >= 0.6 is 0 Å². The first-order chi connectivity index (χ1) is 17.4. The molecule has 1 heterocycles. The number of fused-ring (bicyclic) bond motifs is 2. The third kappa shape index (κ3) is 4.66. The molecule has 2 saturated carbocycles. The van der Waals surface area contributed by atoms with Gasteiger partial charge >= 0.3 is 5.97 Å². The zero-order valence-corrected chi connectivity index (χ0v) is 20.0. The van der Waals surface area contributed by atoms with E-state index in [1.165, 1.54) is 0 Å². The molecule has 2 aliphatic carbocycles. The van der Waals surface area contributed by atoms with Crippen molar-refractivity contribution in [2.45, 2.75) is 62.8 Å². The number of carbonyl (C=O) groups excluding carboxylic acids is 2. The highest BCUT2D eigenvalue weighted by molar-refractivity contribution is 5.98. The van der Waals surface area contributed by atoms with E-state index in [2.05, 4.69) is 16.7 Å². The zero-order chi connectivity index (χ0) is 25.3. The lowest BCUT2D eigenvalue weighted by Crippen LogP contribution is -2.39. The van der Waals surface area contributed by atoms with Crippen molar-refractivity contribution in [2.75, 3.05) is 11.9 Å². The molecule has 0 saturated heterocycles. The third-order valence-electron chi connectivity index (χ3n) is 7.75. The number of carboxylic acid groups (broad SMARTS) is 1. The zero-order valence-electron chi connectivity index (χ0n) is 20.0. The summed E-state index contributed by atoms with van der Waals surface area (Å²) < 4.78 is 5.86. The second-order valence-electron chi connectivity index (χ2n) is 10.0. The number of carbonyl (C=O) groups is 3. The van der Waals surface area contributed by atoms with E-state index < -0.39 is 5.97 Å². The van der Waals surface area contributed by atoms with Crippen molar-refractivity contribution in [2.24, 2.45) is 5.92 Å². The molecule has 8 nitrogen and oxygen atoms in total. The number of aliphatic carboxylic acids is 1. The molecule has 36 heavy (non-hydrogen) atoms. The van der Waals surface area contributed by atoms with Crippen LogP contribution in [0, 0.1) is 17.2 Å². The van der Waals surface area contributed by atoms with Gasteiger partial charge in [-0.3, -0.25) is 14.4 Å². The number of rotatable bonds is 8. The lowest BCUT2D eigenvalue weighted by atomic mass is 9.86. The van der Waals surface area contributed by atoms with Crippen LogP contribution in [0.15, 0.2) is 36.4 Å². The molecule has 0 aromatic heterocycles. The molecular formula is C28H29N3O5. The summed E-state index contributed by atoms with van der Waals surface area (Å²) in [6.07, 6.45) is 5.47. The Morgan fingerprint density at radius 2 is 2.00 bits per heavy atom. The number of hydrogen-bond acceptors (Lipinski definition) is 5. The highest BCUT2D eigenvalue weighted by Crippen LogP contribution is 2.61. The number of nitrogens with zero attached hydrogens (tertiary/aromatic N) is 1. The molecule has 5 rings (SSSR count). The van der Waals surface area contributed by atoms with Gasteiger partial charge in [-0.2, -0.15) is 5.26 Å². The number of ether oxygens (including phenoxy) is 1. The Morgan fingerprint density at radius 1 is 1.17 bits per heavy atom. The Kier molecular flexibility index (Phi) is 6.40. The van der Waals surface area contributed by atoms with Crippen LogP contribution in [0.4, 0.5) is 5.69 Å². The fourth-order valence-electron chi connectivity index (χ4n) is 5.34. The lowest BCUT2D eigenvalue weighted by molar-refractivity contribution is -0.137. The molecular weight excluding hydrogens is 458 g/mol. The van der Waals surface area contributed by atoms with Crippen molar-refractivity contribution in [3.63, 3.8) is 0 Å². The van der Waals surface area contributed by atoms with E-state index in [9.17, 15) is 19.6 Å². The van der Waals surface area contributed by atoms with Gasteiger partial charge in [0.05, 0.1) is 18.2 Å². The summed E-state index contributed by atoms with van der Waals surface area (Å²) in [7, 11) is 0. The molecule has 1 unspecified atom stereocenters. The van der Waals surface area contributed by atoms with E-state index in [1.807, 2.05) is 12.1 Å². The maximum absolute atomic E-state index is 13.4. The van der Waals surface area contributed by atoms with Crippen molar-refractivity contribution in [1.82, 2.24) is 5.32 Å². The molecule has 186 valence electrons. The molecule has 0 radical (unpaired) electrons. The summed E-state index contributed by atoms with van der Waals surface area (Å²) in [5.74, 6) is -0.653. The summed E-state index contributed by atoms with van der Waals surface area (Å²) in [6, 6.07) is 12.9. The Hall–Kier alpha value is -3.86. The minimum absolute atomic E-state index is 0.0343. The van der Waals surface area contributed by atoms with Crippen LogP contribution in [0.1, 0.15) is 72.0 Å². The van der Waals surface area contributed by atoms with Gasteiger partial charge in [0.2, 0.25) is 5.91 Å². The van der Waals surface area contributed by atoms with Crippen molar-refractivity contribution in [3.05, 3.63) is 58.7 Å². The molecule has 2 fully saturated rings. The number of anilines is 1. The molecule has 2 aromatic rings. The number of nitriles is 1. The van der Waals surface area contributed by atoms with Gasteiger partial charge in [0, 0.05) is 40.6 Å². The van der Waals surface area contributed by atoms with Gasteiger partial charge in [-0.15, -0.1) is 0 Å². The molecule has 2 atom stereocenters. The summed E-state index contributed by atoms with van der Waals surface area (Å²) in [6.45, 7) is 0.509. The number of aryl methyl sites for hydroxylation is 1. The minimum Gasteiger partial charge on any atom is -0.493 e. The molecule has 2 aromatic carbocycles. The van der Waals surface area contributed by atoms with Crippen molar-refractivity contribution in [3.8, 4) is 11.8 Å². The number of carboxylic acids is 1. The van der Waals surface area contributed by atoms with Gasteiger partial charge < -0.3 is 20.5 Å². The van der Waals surface area contributed by atoms with Crippen LogP contribution in [0.25, 0.3) is 0 Å². The second kappa shape index (κ2) is 9.65. The van der Waals surface area contributed by atoms with E-state index in [0.717, 1.165) is 36.1 Å². The van der Waals surface area contributed by atoms with Crippen molar-refractivity contribution < 1.29 is 24.2 Å². The average molecular weight is 488 g/mol. The highest BCUT2D eigenvalue weighted by Gasteiger charge is 2.61. The Bertz CT molecular complexity index is 1260. The van der Waals surface area contributed by atoms with E-state index in [1.54, 1.807) is 24.3 Å². The van der Waals surface area contributed by atoms with Gasteiger partial charge in [-0.05, 0) is 80.8 Å². The fourth-order valence-corrected chi connectivity index (χ4v) is 5.34. The molecule has 0 bridgehead atoms. The Labute approximate surface area is 209 Å². The Morgan fingerprint density at radius 3 is 2.72 bits per heavy atom. The summed E-state index contributed by atoms with van der Waals surface area (Å²) >= 11 is 0. The predicted molar refractivity (Wildman–Crippen MR) is 132 cm³/mol. The molecule has 3 aliphatic rings. The average Bonchev–Trinajstić information content (AvgIpc) is 3.56. The number of hydrogen-bond donors (Lipinski definition) is 3. The fraction of sp³-hybridized carbons (Fsp3) is 0.429. The molecule has 2 amide bonds. The van der Waals surface area contributed by atoms with Gasteiger partial charge in [-0.1, -0.05) is 6.07 Å². The van der Waals surface area contributed by atoms with E-state index in [4.69, 9.17) is 9.84 Å². The van der Waals surface area contributed by atoms with Crippen LogP contribution in [0.3, 0.4) is 0 Å². The van der Waals surface area contributed by atoms with Crippen LogP contribution in [-0.2, 0) is 21.4 Å². The molecule has 8 heteroatoms. The topological polar surface area (TPSA) is 129 Å². The van der Waals surface area contributed by atoms with E-state index >= 15 is 0 Å². The van der Waals surface area contributed by atoms with E-state index in [-0.39, 0.29) is 35.6 Å². The SMILES string of the molecule is N#Cc1ccc(CCCC(=O)O)c(NC(=O)[C@@H]2CC23CCOc2ccc(C(=O)NC4CCC4)cc23)c1. The van der Waals surface area contributed by atoms with Crippen molar-refractivity contribution in [1.29, 1.82) is 5.26 Å². The van der Waals surface area contributed by atoms with Crippen LogP contribution in [-0.4, -0.2) is 35.5 Å². The van der Waals surface area contributed by atoms with Gasteiger partial charge in [0.25, 0.3) is 5.91 Å². The largest absolute Gasteiger partial charge is 0.493 e. The van der Waals surface area contributed by atoms with Crippen LogP contribution in [0.2, 0.25) is 0 Å². The summed E-state index contributed by atoms with van der Waals surface area (Å²) in [5, 5.41) is 24.4. The molecule has 1 spiro atoms. The predicted octanol–water partition coefficient (Wildman–Crippen LogP) is 3.93. The second-order valence-corrected chi connectivity index (χ2v) is 10.0. The van der Waals surface area contributed by atoms with Gasteiger partial charge in [-0.25, -0.2) is 0 Å². The smallest absolute Gasteiger partial charge is 0.303 e. The van der Waals surface area contributed by atoms with E-state index in [0.29, 0.717) is 49.1 Å². The summed E-state index contributed by atoms with van der Waals surface area (Å²) in [5.41, 5.74) is 2.90. The van der Waals surface area contributed by atoms with Crippen LogP contribution < -0.4 is 15.4 Å². The van der Waals surface area contributed by atoms with Gasteiger partial charge in [0.15, 0.2) is 0 Å². The number of benzene rings is 2. The normalized spacial score (nSPS) is 21.9. The Balaban J connectivity index is 1.34. The van der Waals surface area contributed by atoms with Crippen molar-refractivity contribution >= 4 is 23.5 Å². The number of amides is 2. The standard InChI is InChI=1S/C28H29N3O5/c29-16-17-7-8-18(3-1-6-25(32)33)23(13-17)31-27(35)22-15-28(22)11-12-36-24-10-9-19(14-21(24)28)26(34)30-20-4-2-5-20/h7-10,13-14,20,22H,1-6,11-12,15H2,(H,30,34)(H,31,35)(H,32,33)/t22-,28?/m0/s1. The first-order valence-electron chi connectivity index (χ1n) is 12.5. The maximum atomic E-state index is 13.4. The quantitative estimate of drug-likeness (QED) is 0.518. The van der Waals surface area contributed by atoms with Gasteiger partial charge in [0.1, 0.15) is 5.75 Å². The third-order valence-corrected chi connectivity index (χ3v) is 7.75. The van der Waals surface area contributed by atoms with Crippen LogP contribution in [0.5, 0.6) is 5.75 Å². The monoisotopic (exact) mass is 487 g/mol. The molecule has 3 N–H and O–H groups in total. The number of nitrogens with one attached hydrogen (secondary N) is 2. The highest BCUT2D eigenvalue weighted by atomic mass is 16.5. The summed E-state index contributed by atoms with van der Waals surface area (Å²) in [4.78, 5) is 37.1. The first-order valence-corrected chi connectivity index (χ1v) is 12.5. The lowest BCUT2D eigenvalue weighted by Gasteiger charge is -2.29. The minimum atomic E-state index is -0.868.